The first-order chi connectivity index (χ1) is 12.1. The van der Waals surface area contributed by atoms with Gasteiger partial charge in [-0.1, -0.05) is 12.1 Å². The highest BCUT2D eigenvalue weighted by atomic mass is 16.5. The quantitative estimate of drug-likeness (QED) is 0.566. The van der Waals surface area contributed by atoms with Crippen molar-refractivity contribution in [2.45, 2.75) is 18.9 Å². The van der Waals surface area contributed by atoms with Crippen molar-refractivity contribution in [1.29, 1.82) is 0 Å². The molecule has 0 aromatic heterocycles. The fraction of sp³-hybridized carbons (Fsp3) is 0.444. The zero-order valence-corrected chi connectivity index (χ0v) is 14.4. The number of amides is 1. The van der Waals surface area contributed by atoms with Crippen molar-refractivity contribution >= 4 is 18.0 Å². The van der Waals surface area contributed by atoms with Crippen LogP contribution in [0.25, 0.3) is 6.08 Å². The first kappa shape index (κ1) is 18.8. The van der Waals surface area contributed by atoms with Crippen molar-refractivity contribution in [1.82, 2.24) is 5.32 Å². The predicted octanol–water partition coefficient (Wildman–Crippen LogP) is 1.56. The van der Waals surface area contributed by atoms with Gasteiger partial charge in [0, 0.05) is 24.8 Å². The summed E-state index contributed by atoms with van der Waals surface area (Å²) in [7, 11) is 3.06. The molecule has 1 atom stereocenters. The number of nitrogens with one attached hydrogen (secondary N) is 1. The summed E-state index contributed by atoms with van der Waals surface area (Å²) in [5.74, 6) is 0.114. The minimum Gasteiger partial charge on any atom is -0.493 e. The number of methoxy groups -OCH3 is 2. The molecule has 0 radical (unpaired) electrons. The van der Waals surface area contributed by atoms with Gasteiger partial charge in [-0.05, 0) is 25.0 Å². The highest BCUT2D eigenvalue weighted by Gasteiger charge is 2.16. The molecule has 2 rings (SSSR count). The van der Waals surface area contributed by atoms with Gasteiger partial charge in [-0.25, -0.2) is 4.79 Å². The first-order valence-corrected chi connectivity index (χ1v) is 8.08. The summed E-state index contributed by atoms with van der Waals surface area (Å²) in [6.45, 7) is 0.840. The van der Waals surface area contributed by atoms with Crippen LogP contribution in [0, 0.1) is 0 Å². The number of carbonyl (C=O) groups excluding carboxylic acids is 2. The molecule has 0 aliphatic carbocycles. The van der Waals surface area contributed by atoms with E-state index in [1.807, 2.05) is 0 Å². The van der Waals surface area contributed by atoms with Gasteiger partial charge in [-0.15, -0.1) is 0 Å². The van der Waals surface area contributed by atoms with E-state index in [9.17, 15) is 9.59 Å². The van der Waals surface area contributed by atoms with Crippen LogP contribution in [0.5, 0.6) is 11.5 Å². The molecule has 0 spiro atoms. The molecular weight excluding hydrogens is 326 g/mol. The molecule has 0 saturated carbocycles. The number of benzene rings is 1. The minimum absolute atomic E-state index is 0.0556. The molecule has 7 nitrogen and oxygen atoms in total. The molecule has 1 fully saturated rings. The fourth-order valence-corrected chi connectivity index (χ4v) is 2.47. The lowest BCUT2D eigenvalue weighted by Crippen LogP contribution is -2.34. The lowest BCUT2D eigenvalue weighted by Gasteiger charge is -2.10. The van der Waals surface area contributed by atoms with Crippen molar-refractivity contribution in [3.8, 4) is 11.5 Å². The summed E-state index contributed by atoms with van der Waals surface area (Å²) >= 11 is 0. The molecule has 1 saturated heterocycles. The van der Waals surface area contributed by atoms with E-state index in [4.69, 9.17) is 18.9 Å². The second kappa shape index (κ2) is 9.68. The third kappa shape index (κ3) is 5.79. The van der Waals surface area contributed by atoms with E-state index in [2.05, 4.69) is 5.32 Å². The van der Waals surface area contributed by atoms with E-state index in [1.165, 1.54) is 20.3 Å². The van der Waals surface area contributed by atoms with E-state index in [0.29, 0.717) is 23.6 Å². The number of rotatable bonds is 8. The molecule has 1 aliphatic heterocycles. The summed E-state index contributed by atoms with van der Waals surface area (Å²) in [4.78, 5) is 23.4. The average Bonchev–Trinajstić information content (AvgIpc) is 3.16. The van der Waals surface area contributed by atoms with Crippen molar-refractivity contribution in [3.63, 3.8) is 0 Å². The Morgan fingerprint density at radius 2 is 2.16 bits per heavy atom. The normalized spacial score (nSPS) is 16.6. The molecule has 1 N–H and O–H groups in total. The van der Waals surface area contributed by atoms with Crippen LogP contribution in [0.1, 0.15) is 18.4 Å². The highest BCUT2D eigenvalue weighted by Crippen LogP contribution is 2.31. The van der Waals surface area contributed by atoms with E-state index < -0.39 is 5.97 Å². The number of esters is 1. The van der Waals surface area contributed by atoms with E-state index in [1.54, 1.807) is 24.3 Å². The van der Waals surface area contributed by atoms with Crippen molar-refractivity contribution < 1.29 is 28.5 Å². The van der Waals surface area contributed by atoms with Crippen LogP contribution in [-0.4, -0.2) is 52.0 Å². The maximum Gasteiger partial charge on any atom is 0.331 e. The standard InChI is InChI=1S/C18H23NO6/c1-22-15-7-3-5-13(18(15)23-2)8-9-17(21)25-12-16(20)19-11-14-6-4-10-24-14/h3,5,7-9,14H,4,6,10-12H2,1-2H3,(H,19,20)/b9-8+/t14-/m0/s1. The topological polar surface area (TPSA) is 83.1 Å². The van der Waals surface area contributed by atoms with Gasteiger partial charge in [-0.2, -0.15) is 0 Å². The molecule has 1 amide bonds. The predicted molar refractivity (Wildman–Crippen MR) is 91.5 cm³/mol. The Balaban J connectivity index is 1.79. The Labute approximate surface area is 146 Å². The smallest absolute Gasteiger partial charge is 0.331 e. The maximum absolute atomic E-state index is 11.7. The molecule has 25 heavy (non-hydrogen) atoms. The highest BCUT2D eigenvalue weighted by molar-refractivity contribution is 5.89. The van der Waals surface area contributed by atoms with Gasteiger partial charge in [0.25, 0.3) is 5.91 Å². The Bertz CT molecular complexity index is 622. The molecule has 0 bridgehead atoms. The molecule has 7 heteroatoms. The molecular formula is C18H23NO6. The van der Waals surface area contributed by atoms with Gasteiger partial charge in [0.05, 0.1) is 20.3 Å². The van der Waals surface area contributed by atoms with Crippen LogP contribution < -0.4 is 14.8 Å². The van der Waals surface area contributed by atoms with Gasteiger partial charge in [0.15, 0.2) is 18.1 Å². The van der Waals surface area contributed by atoms with E-state index in [-0.39, 0.29) is 18.6 Å². The van der Waals surface area contributed by atoms with Crippen LogP contribution in [0.3, 0.4) is 0 Å². The molecule has 0 unspecified atom stereocenters. The molecule has 1 aromatic rings. The van der Waals surface area contributed by atoms with Gasteiger partial charge in [0.2, 0.25) is 0 Å². The lowest BCUT2D eigenvalue weighted by molar-refractivity contribution is -0.143. The third-order valence-corrected chi connectivity index (χ3v) is 3.73. The van der Waals surface area contributed by atoms with E-state index >= 15 is 0 Å². The summed E-state index contributed by atoms with van der Waals surface area (Å²) in [6.07, 6.45) is 4.79. The van der Waals surface area contributed by atoms with Crippen LogP contribution >= 0.6 is 0 Å². The summed E-state index contributed by atoms with van der Waals surface area (Å²) in [6, 6.07) is 5.32. The van der Waals surface area contributed by atoms with Gasteiger partial charge in [-0.3, -0.25) is 4.79 Å². The van der Waals surface area contributed by atoms with Crippen LogP contribution in [0.15, 0.2) is 24.3 Å². The number of hydrogen-bond acceptors (Lipinski definition) is 6. The monoisotopic (exact) mass is 349 g/mol. The van der Waals surface area contributed by atoms with Gasteiger partial charge >= 0.3 is 5.97 Å². The maximum atomic E-state index is 11.7. The Morgan fingerprint density at radius 1 is 1.32 bits per heavy atom. The zero-order valence-electron chi connectivity index (χ0n) is 14.4. The van der Waals surface area contributed by atoms with Crippen LogP contribution in [0.2, 0.25) is 0 Å². The fourth-order valence-electron chi connectivity index (χ4n) is 2.47. The van der Waals surface area contributed by atoms with Crippen LogP contribution in [0.4, 0.5) is 0 Å². The second-order valence-corrected chi connectivity index (χ2v) is 5.46. The molecule has 1 heterocycles. The summed E-state index contributed by atoms with van der Waals surface area (Å²) < 4.78 is 20.8. The summed E-state index contributed by atoms with van der Waals surface area (Å²) in [5, 5.41) is 2.69. The number of ether oxygens (including phenoxy) is 4. The van der Waals surface area contributed by atoms with Crippen molar-refractivity contribution in [2.75, 3.05) is 34.0 Å². The first-order valence-electron chi connectivity index (χ1n) is 8.08. The van der Waals surface area contributed by atoms with Crippen molar-refractivity contribution in [2.24, 2.45) is 0 Å². The summed E-state index contributed by atoms with van der Waals surface area (Å²) in [5.41, 5.74) is 0.668. The SMILES string of the molecule is COc1cccc(/C=C/C(=O)OCC(=O)NC[C@@H]2CCCO2)c1OC. The minimum atomic E-state index is -0.614. The average molecular weight is 349 g/mol. The Hall–Kier alpha value is -2.54. The Morgan fingerprint density at radius 3 is 2.84 bits per heavy atom. The molecule has 136 valence electrons. The van der Waals surface area contributed by atoms with Crippen LogP contribution in [-0.2, 0) is 19.1 Å². The number of hydrogen-bond donors (Lipinski definition) is 1. The van der Waals surface area contributed by atoms with E-state index in [0.717, 1.165) is 19.4 Å². The third-order valence-electron chi connectivity index (χ3n) is 3.73. The van der Waals surface area contributed by atoms with Crippen molar-refractivity contribution in [3.05, 3.63) is 29.8 Å². The van der Waals surface area contributed by atoms with Gasteiger partial charge in [0.1, 0.15) is 0 Å². The largest absolute Gasteiger partial charge is 0.493 e. The number of para-hydroxylation sites is 1. The zero-order chi connectivity index (χ0) is 18.1. The lowest BCUT2D eigenvalue weighted by atomic mass is 10.1. The Kier molecular flexibility index (Phi) is 7.28. The molecule has 1 aliphatic rings. The number of carbonyl (C=O) groups is 2. The molecule has 1 aromatic carbocycles. The second-order valence-electron chi connectivity index (χ2n) is 5.46. The van der Waals surface area contributed by atoms with Gasteiger partial charge < -0.3 is 24.3 Å².